The van der Waals surface area contributed by atoms with E-state index in [2.05, 4.69) is 0 Å². The molecule has 1 heterocycles. The topological polar surface area (TPSA) is 37.4 Å². The number of hydrogen-bond acceptors (Lipinski definition) is 2. The lowest BCUT2D eigenvalue weighted by Gasteiger charge is -2.22. The smallest absolute Gasteiger partial charge is 0.211 e. The van der Waals surface area contributed by atoms with Gasteiger partial charge in [-0.1, -0.05) is 18.6 Å². The van der Waals surface area contributed by atoms with Crippen molar-refractivity contribution >= 4 is 10.0 Å². The third-order valence-corrected chi connectivity index (χ3v) is 4.71. The van der Waals surface area contributed by atoms with Crippen molar-refractivity contribution in [3.63, 3.8) is 0 Å². The van der Waals surface area contributed by atoms with Gasteiger partial charge in [0.15, 0.2) is 0 Å². The van der Waals surface area contributed by atoms with E-state index in [1.807, 2.05) is 0 Å². The Morgan fingerprint density at radius 3 is 2.50 bits per heavy atom. The molecule has 1 atom stereocenters. The minimum Gasteiger partial charge on any atom is -0.213 e. The molecule has 0 saturated carbocycles. The van der Waals surface area contributed by atoms with Gasteiger partial charge in [0.1, 0.15) is 5.82 Å². The summed E-state index contributed by atoms with van der Waals surface area (Å²) in [6, 6.07) is 6.38. The van der Waals surface area contributed by atoms with Gasteiger partial charge in [0, 0.05) is 13.1 Å². The molecule has 18 heavy (non-hydrogen) atoms. The van der Waals surface area contributed by atoms with Crippen LogP contribution in [0.5, 0.6) is 0 Å². The molecule has 3 nitrogen and oxygen atoms in total. The van der Waals surface area contributed by atoms with Crippen molar-refractivity contribution in [2.45, 2.75) is 25.2 Å². The van der Waals surface area contributed by atoms with Crippen LogP contribution >= 0.6 is 0 Å². The summed E-state index contributed by atoms with van der Waals surface area (Å²) in [5.41, 5.74) is 1.02. The molecule has 5 heteroatoms. The van der Waals surface area contributed by atoms with E-state index in [1.165, 1.54) is 22.7 Å². The molecule has 100 valence electrons. The summed E-state index contributed by atoms with van der Waals surface area (Å²) < 4.78 is 37.7. The molecule has 1 fully saturated rings. The number of rotatable bonds is 2. The van der Waals surface area contributed by atoms with Gasteiger partial charge < -0.3 is 0 Å². The van der Waals surface area contributed by atoms with Crippen LogP contribution in [0.4, 0.5) is 4.39 Å². The monoisotopic (exact) mass is 271 g/mol. The van der Waals surface area contributed by atoms with Crippen LogP contribution in [0.25, 0.3) is 0 Å². The van der Waals surface area contributed by atoms with Crippen LogP contribution in [0.15, 0.2) is 24.3 Å². The molecule has 1 unspecified atom stereocenters. The van der Waals surface area contributed by atoms with E-state index in [0.717, 1.165) is 24.8 Å². The molecule has 0 N–H and O–H groups in total. The van der Waals surface area contributed by atoms with Crippen LogP contribution in [0, 0.1) is 5.82 Å². The molecule has 0 aliphatic carbocycles. The first-order chi connectivity index (χ1) is 8.47. The van der Waals surface area contributed by atoms with Crippen LogP contribution in [-0.2, 0) is 10.0 Å². The first kappa shape index (κ1) is 13.5. The van der Waals surface area contributed by atoms with Crippen molar-refractivity contribution in [3.05, 3.63) is 35.6 Å². The van der Waals surface area contributed by atoms with Gasteiger partial charge in [-0.25, -0.2) is 17.1 Å². The maximum atomic E-state index is 12.9. The van der Waals surface area contributed by atoms with Gasteiger partial charge in [-0.05, 0) is 36.5 Å². The Bertz CT molecular complexity index is 498. The third kappa shape index (κ3) is 3.29. The summed E-state index contributed by atoms with van der Waals surface area (Å²) in [5.74, 6) is -0.0878. The van der Waals surface area contributed by atoms with Crippen molar-refractivity contribution in [3.8, 4) is 0 Å². The van der Waals surface area contributed by atoms with Gasteiger partial charge in [0.05, 0.1) is 6.26 Å². The molecule has 0 radical (unpaired) electrons. The van der Waals surface area contributed by atoms with E-state index in [0.29, 0.717) is 13.1 Å². The van der Waals surface area contributed by atoms with E-state index in [1.54, 1.807) is 12.1 Å². The van der Waals surface area contributed by atoms with Gasteiger partial charge in [-0.3, -0.25) is 0 Å². The quantitative estimate of drug-likeness (QED) is 0.828. The number of halogens is 1. The number of sulfonamides is 1. The van der Waals surface area contributed by atoms with Crippen LogP contribution in [0.2, 0.25) is 0 Å². The standard InChI is InChI=1S/C13H18FNO2S/c1-18(16,17)15-9-3-2-4-12(10-15)11-5-7-13(14)8-6-11/h5-8,12H,2-4,9-10H2,1H3. The number of nitrogens with zero attached hydrogens (tertiary/aromatic N) is 1. The average Bonchev–Trinajstić information content (AvgIpc) is 2.55. The van der Waals surface area contributed by atoms with Crippen molar-refractivity contribution in [2.24, 2.45) is 0 Å². The first-order valence-electron chi connectivity index (χ1n) is 6.17. The lowest BCUT2D eigenvalue weighted by Crippen LogP contribution is -2.33. The summed E-state index contributed by atoms with van der Waals surface area (Å²) >= 11 is 0. The minimum absolute atomic E-state index is 0.169. The fourth-order valence-electron chi connectivity index (χ4n) is 2.42. The normalized spacial score (nSPS) is 22.7. The summed E-state index contributed by atoms with van der Waals surface area (Å²) in [4.78, 5) is 0. The van der Waals surface area contributed by atoms with Crippen LogP contribution in [0.1, 0.15) is 30.7 Å². The van der Waals surface area contributed by atoms with Crippen LogP contribution < -0.4 is 0 Å². The van der Waals surface area contributed by atoms with Gasteiger partial charge in [-0.2, -0.15) is 0 Å². The molecule has 0 bridgehead atoms. The average molecular weight is 271 g/mol. The molecular weight excluding hydrogens is 253 g/mol. The second-order valence-electron chi connectivity index (χ2n) is 4.87. The van der Waals surface area contributed by atoms with E-state index < -0.39 is 10.0 Å². The number of benzene rings is 1. The zero-order valence-electron chi connectivity index (χ0n) is 10.5. The Labute approximate surface area is 108 Å². The highest BCUT2D eigenvalue weighted by atomic mass is 32.2. The van der Waals surface area contributed by atoms with Gasteiger partial charge >= 0.3 is 0 Å². The summed E-state index contributed by atoms with van der Waals surface area (Å²) in [6.45, 7) is 1.10. The van der Waals surface area contributed by atoms with E-state index in [9.17, 15) is 12.8 Å². The van der Waals surface area contributed by atoms with Crippen molar-refractivity contribution < 1.29 is 12.8 Å². The maximum Gasteiger partial charge on any atom is 0.211 e. The van der Waals surface area contributed by atoms with Crippen LogP contribution in [0.3, 0.4) is 0 Å². The summed E-state index contributed by atoms with van der Waals surface area (Å²) in [5, 5.41) is 0. The number of hydrogen-bond donors (Lipinski definition) is 0. The summed E-state index contributed by atoms with van der Waals surface area (Å²) in [6.07, 6.45) is 4.11. The lowest BCUT2D eigenvalue weighted by molar-refractivity contribution is 0.410. The highest BCUT2D eigenvalue weighted by Gasteiger charge is 2.25. The van der Waals surface area contributed by atoms with E-state index in [4.69, 9.17) is 0 Å². The largest absolute Gasteiger partial charge is 0.213 e. The van der Waals surface area contributed by atoms with Gasteiger partial charge in [0.25, 0.3) is 0 Å². The molecule has 1 aliphatic rings. The van der Waals surface area contributed by atoms with E-state index in [-0.39, 0.29) is 11.7 Å². The zero-order valence-corrected chi connectivity index (χ0v) is 11.3. The Hall–Kier alpha value is -0.940. The van der Waals surface area contributed by atoms with Crippen LogP contribution in [-0.4, -0.2) is 32.1 Å². The second-order valence-corrected chi connectivity index (χ2v) is 6.85. The van der Waals surface area contributed by atoms with Crippen molar-refractivity contribution in [1.82, 2.24) is 4.31 Å². The molecule has 0 aromatic heterocycles. The summed E-state index contributed by atoms with van der Waals surface area (Å²) in [7, 11) is -3.14. The molecule has 1 aliphatic heterocycles. The van der Waals surface area contributed by atoms with Gasteiger partial charge in [0.2, 0.25) is 10.0 Å². The molecule has 2 rings (SSSR count). The molecule has 1 saturated heterocycles. The highest BCUT2D eigenvalue weighted by molar-refractivity contribution is 7.88. The zero-order chi connectivity index (χ0) is 13.2. The lowest BCUT2D eigenvalue weighted by atomic mass is 9.95. The Balaban J connectivity index is 2.19. The second kappa shape index (κ2) is 5.36. The van der Waals surface area contributed by atoms with Gasteiger partial charge in [-0.15, -0.1) is 0 Å². The fraction of sp³-hybridized carbons (Fsp3) is 0.538. The van der Waals surface area contributed by atoms with Crippen molar-refractivity contribution in [2.75, 3.05) is 19.3 Å². The molecule has 1 aromatic rings. The minimum atomic E-state index is -3.14. The predicted molar refractivity (Wildman–Crippen MR) is 69.4 cm³/mol. The highest BCUT2D eigenvalue weighted by Crippen LogP contribution is 2.27. The predicted octanol–water partition coefficient (Wildman–Crippen LogP) is 2.35. The van der Waals surface area contributed by atoms with Crippen molar-refractivity contribution in [1.29, 1.82) is 0 Å². The molecule has 1 aromatic carbocycles. The third-order valence-electron chi connectivity index (χ3n) is 3.44. The Morgan fingerprint density at radius 2 is 1.89 bits per heavy atom. The molecular formula is C13H18FNO2S. The first-order valence-corrected chi connectivity index (χ1v) is 8.02. The molecule has 0 spiro atoms. The Morgan fingerprint density at radius 1 is 1.22 bits per heavy atom. The Kier molecular flexibility index (Phi) is 4.02. The fourth-order valence-corrected chi connectivity index (χ4v) is 3.33. The maximum absolute atomic E-state index is 12.9. The molecule has 0 amide bonds. The van der Waals surface area contributed by atoms with E-state index >= 15 is 0 Å². The SMILES string of the molecule is CS(=O)(=O)N1CCCCC(c2ccc(F)cc2)C1.